The molecule has 0 unspecified atom stereocenters. The van der Waals surface area contributed by atoms with Crippen molar-refractivity contribution in [3.05, 3.63) is 72.3 Å². The number of carbonyl (C=O) groups is 1. The normalized spacial score (nSPS) is 14.5. The SMILES string of the molecule is NC(=O)c1cccc2c1c1ccc(-c3ccccc3)cc1n2CC1CCC1. The molecule has 134 valence electrons. The summed E-state index contributed by atoms with van der Waals surface area (Å²) < 4.78 is 2.40. The van der Waals surface area contributed by atoms with Gasteiger partial charge in [0.2, 0.25) is 5.91 Å². The van der Waals surface area contributed by atoms with E-state index in [1.807, 2.05) is 18.2 Å². The van der Waals surface area contributed by atoms with Crippen LogP contribution in [0.3, 0.4) is 0 Å². The maximum Gasteiger partial charge on any atom is 0.249 e. The number of fused-ring (bicyclic) bond motifs is 3. The lowest BCUT2D eigenvalue weighted by Gasteiger charge is -2.26. The summed E-state index contributed by atoms with van der Waals surface area (Å²) in [6, 6.07) is 22.9. The van der Waals surface area contributed by atoms with Gasteiger partial charge in [-0.25, -0.2) is 0 Å². The number of benzene rings is 3. The fourth-order valence-electron chi connectivity index (χ4n) is 4.29. The molecule has 1 heterocycles. The first-order valence-electron chi connectivity index (χ1n) is 9.62. The molecule has 0 bridgehead atoms. The topological polar surface area (TPSA) is 48.0 Å². The van der Waals surface area contributed by atoms with Crippen molar-refractivity contribution in [3.8, 4) is 11.1 Å². The van der Waals surface area contributed by atoms with E-state index < -0.39 is 0 Å². The number of aromatic nitrogens is 1. The number of rotatable bonds is 4. The number of nitrogens with two attached hydrogens (primary N) is 1. The van der Waals surface area contributed by atoms with Gasteiger partial charge in [0.1, 0.15) is 0 Å². The molecule has 3 nitrogen and oxygen atoms in total. The van der Waals surface area contributed by atoms with Gasteiger partial charge < -0.3 is 10.3 Å². The number of hydrogen-bond acceptors (Lipinski definition) is 1. The van der Waals surface area contributed by atoms with Crippen LogP contribution in [0, 0.1) is 5.92 Å². The lowest BCUT2D eigenvalue weighted by molar-refractivity contribution is 0.100. The molecular weight excluding hydrogens is 332 g/mol. The Hall–Kier alpha value is -3.07. The summed E-state index contributed by atoms with van der Waals surface area (Å²) in [5.74, 6) is 0.358. The summed E-state index contributed by atoms with van der Waals surface area (Å²) in [4.78, 5) is 12.1. The van der Waals surface area contributed by atoms with E-state index in [0.717, 1.165) is 28.8 Å². The second-order valence-electron chi connectivity index (χ2n) is 7.57. The summed E-state index contributed by atoms with van der Waals surface area (Å²) in [7, 11) is 0. The van der Waals surface area contributed by atoms with Gasteiger partial charge in [0, 0.05) is 33.9 Å². The Morgan fingerprint density at radius 3 is 2.44 bits per heavy atom. The van der Waals surface area contributed by atoms with Crippen LogP contribution in [-0.2, 0) is 6.54 Å². The second-order valence-corrected chi connectivity index (χ2v) is 7.57. The van der Waals surface area contributed by atoms with Gasteiger partial charge >= 0.3 is 0 Å². The highest BCUT2D eigenvalue weighted by atomic mass is 16.1. The quantitative estimate of drug-likeness (QED) is 0.527. The standard InChI is InChI=1S/C24H22N2O/c25-24(27)20-10-5-11-21-23(20)19-13-12-18(17-8-2-1-3-9-17)14-22(19)26(21)15-16-6-4-7-16/h1-3,5,8-14,16H,4,6-7,15H2,(H2,25,27). The molecule has 1 aromatic heterocycles. The average molecular weight is 354 g/mol. The second kappa shape index (κ2) is 6.27. The molecule has 4 aromatic rings. The molecule has 3 aromatic carbocycles. The first-order chi connectivity index (χ1) is 13.2. The maximum absolute atomic E-state index is 12.1. The fourth-order valence-corrected chi connectivity index (χ4v) is 4.29. The van der Waals surface area contributed by atoms with E-state index in [1.54, 1.807) is 0 Å². The smallest absolute Gasteiger partial charge is 0.249 e. The van der Waals surface area contributed by atoms with Crippen molar-refractivity contribution in [2.75, 3.05) is 0 Å². The van der Waals surface area contributed by atoms with Crippen LogP contribution in [0.4, 0.5) is 0 Å². The zero-order valence-electron chi connectivity index (χ0n) is 15.2. The van der Waals surface area contributed by atoms with Crippen LogP contribution < -0.4 is 5.73 Å². The minimum absolute atomic E-state index is 0.365. The van der Waals surface area contributed by atoms with Gasteiger partial charge in [-0.1, -0.05) is 55.0 Å². The van der Waals surface area contributed by atoms with Crippen LogP contribution in [0.25, 0.3) is 32.9 Å². The van der Waals surface area contributed by atoms with Gasteiger partial charge in [-0.2, -0.15) is 0 Å². The Kier molecular flexibility index (Phi) is 3.75. The summed E-state index contributed by atoms with van der Waals surface area (Å²) in [6.45, 7) is 1.00. The van der Waals surface area contributed by atoms with Crippen LogP contribution >= 0.6 is 0 Å². The number of amides is 1. The van der Waals surface area contributed by atoms with E-state index in [-0.39, 0.29) is 5.91 Å². The van der Waals surface area contributed by atoms with Gasteiger partial charge in [-0.05, 0) is 48.1 Å². The Balaban J connectivity index is 1.80. The third kappa shape index (κ3) is 2.62. The van der Waals surface area contributed by atoms with Gasteiger partial charge in [0.05, 0.1) is 0 Å². The van der Waals surface area contributed by atoms with Crippen molar-refractivity contribution in [2.45, 2.75) is 25.8 Å². The minimum Gasteiger partial charge on any atom is -0.366 e. The molecule has 0 spiro atoms. The monoisotopic (exact) mass is 354 g/mol. The van der Waals surface area contributed by atoms with Crippen LogP contribution in [-0.4, -0.2) is 10.5 Å². The van der Waals surface area contributed by atoms with E-state index >= 15 is 0 Å². The molecule has 0 radical (unpaired) electrons. The lowest BCUT2D eigenvalue weighted by Crippen LogP contribution is -2.18. The lowest BCUT2D eigenvalue weighted by atomic mass is 9.85. The molecule has 3 heteroatoms. The molecule has 0 atom stereocenters. The summed E-state index contributed by atoms with van der Waals surface area (Å²) in [5.41, 5.74) is 11.0. The van der Waals surface area contributed by atoms with Crippen molar-refractivity contribution in [1.29, 1.82) is 0 Å². The van der Waals surface area contributed by atoms with Crippen molar-refractivity contribution in [3.63, 3.8) is 0 Å². The molecule has 2 N–H and O–H groups in total. The largest absolute Gasteiger partial charge is 0.366 e. The van der Waals surface area contributed by atoms with Crippen LogP contribution in [0.1, 0.15) is 29.6 Å². The van der Waals surface area contributed by atoms with Crippen molar-refractivity contribution in [1.82, 2.24) is 4.57 Å². The van der Waals surface area contributed by atoms with Crippen LogP contribution in [0.15, 0.2) is 66.7 Å². The number of primary amides is 1. The predicted molar refractivity (Wildman–Crippen MR) is 111 cm³/mol. The maximum atomic E-state index is 12.1. The van der Waals surface area contributed by atoms with E-state index in [0.29, 0.717) is 5.56 Å². The summed E-state index contributed by atoms with van der Waals surface area (Å²) in [5, 5.41) is 2.09. The first-order valence-corrected chi connectivity index (χ1v) is 9.62. The minimum atomic E-state index is -0.365. The van der Waals surface area contributed by atoms with Crippen LogP contribution in [0.2, 0.25) is 0 Å². The van der Waals surface area contributed by atoms with Gasteiger partial charge in [-0.3, -0.25) is 4.79 Å². The van der Waals surface area contributed by atoms with Gasteiger partial charge in [0.25, 0.3) is 0 Å². The summed E-state index contributed by atoms with van der Waals surface area (Å²) in [6.07, 6.45) is 3.90. The van der Waals surface area contributed by atoms with Crippen LogP contribution in [0.5, 0.6) is 0 Å². The Morgan fingerprint density at radius 2 is 1.74 bits per heavy atom. The fraction of sp³-hybridized carbons (Fsp3) is 0.208. The van der Waals surface area contributed by atoms with Gasteiger partial charge in [0.15, 0.2) is 0 Å². The third-order valence-electron chi connectivity index (χ3n) is 5.93. The highest BCUT2D eigenvalue weighted by Crippen LogP contribution is 2.37. The highest BCUT2D eigenvalue weighted by molar-refractivity contribution is 6.18. The number of hydrogen-bond donors (Lipinski definition) is 1. The van der Waals surface area contributed by atoms with E-state index in [4.69, 9.17) is 5.73 Å². The van der Waals surface area contributed by atoms with Gasteiger partial charge in [-0.15, -0.1) is 0 Å². The Labute approximate surface area is 158 Å². The molecule has 1 fully saturated rings. The predicted octanol–water partition coefficient (Wildman–Crippen LogP) is 5.36. The molecule has 0 aliphatic heterocycles. The number of nitrogens with zero attached hydrogens (tertiary/aromatic N) is 1. The van der Waals surface area contributed by atoms with E-state index in [2.05, 4.69) is 53.1 Å². The highest BCUT2D eigenvalue weighted by Gasteiger charge is 2.22. The van der Waals surface area contributed by atoms with E-state index in [1.165, 1.54) is 35.9 Å². The Morgan fingerprint density at radius 1 is 0.926 bits per heavy atom. The van der Waals surface area contributed by atoms with Crippen molar-refractivity contribution in [2.24, 2.45) is 11.7 Å². The zero-order chi connectivity index (χ0) is 18.4. The third-order valence-corrected chi connectivity index (χ3v) is 5.93. The molecular formula is C24H22N2O. The summed E-state index contributed by atoms with van der Waals surface area (Å²) >= 11 is 0. The molecule has 1 aliphatic rings. The zero-order valence-corrected chi connectivity index (χ0v) is 15.2. The molecule has 1 aliphatic carbocycles. The first kappa shape index (κ1) is 16.1. The molecule has 1 saturated carbocycles. The molecule has 5 rings (SSSR count). The number of carbonyl (C=O) groups excluding carboxylic acids is 1. The molecule has 1 amide bonds. The molecule has 0 saturated heterocycles. The van der Waals surface area contributed by atoms with Crippen molar-refractivity contribution < 1.29 is 4.79 Å². The van der Waals surface area contributed by atoms with Crippen molar-refractivity contribution >= 4 is 27.7 Å². The molecule has 27 heavy (non-hydrogen) atoms. The average Bonchev–Trinajstić information content (AvgIpc) is 2.98. The Bertz CT molecular complexity index is 1150. The van der Waals surface area contributed by atoms with E-state index in [9.17, 15) is 4.79 Å².